The monoisotopic (exact) mass is 498 g/mol. The van der Waals surface area contributed by atoms with Gasteiger partial charge in [0.05, 0.1) is 12.4 Å². The summed E-state index contributed by atoms with van der Waals surface area (Å²) in [6, 6.07) is -3.84. The summed E-state index contributed by atoms with van der Waals surface area (Å²) in [5.74, 6) is -2.26. The molecule has 1 aromatic heterocycles. The maximum Gasteiger partial charge on any atom is 0.326 e. The minimum Gasteiger partial charge on any atom is -0.480 e. The molecule has 12 heteroatoms. The second-order valence-corrected chi connectivity index (χ2v) is 9.97. The summed E-state index contributed by atoms with van der Waals surface area (Å²) in [7, 11) is 0. The van der Waals surface area contributed by atoms with Crippen molar-refractivity contribution >= 4 is 35.5 Å². The smallest absolute Gasteiger partial charge is 0.326 e. The third-order valence-electron chi connectivity index (χ3n) is 5.20. The molecule has 34 heavy (non-hydrogen) atoms. The summed E-state index contributed by atoms with van der Waals surface area (Å²) in [6.07, 6.45) is 5.49. The van der Waals surface area contributed by atoms with E-state index in [9.17, 15) is 24.3 Å². The molecule has 3 amide bonds. The van der Waals surface area contributed by atoms with Crippen LogP contribution in [0.25, 0.3) is 0 Å². The minimum absolute atomic E-state index is 0.0401. The average molecular weight is 499 g/mol. The molecule has 0 bridgehead atoms. The number of nitrogens with one attached hydrogen (secondary N) is 4. The van der Waals surface area contributed by atoms with E-state index in [1.54, 1.807) is 0 Å². The number of hydrogen-bond acceptors (Lipinski definition) is 7. The van der Waals surface area contributed by atoms with Crippen LogP contribution in [0.3, 0.4) is 0 Å². The number of hydrogen-bond donors (Lipinski definition) is 6. The van der Waals surface area contributed by atoms with Gasteiger partial charge in [0.1, 0.15) is 18.1 Å². The van der Waals surface area contributed by atoms with E-state index in [4.69, 9.17) is 5.73 Å². The standard InChI is InChI=1S/C22H38N6O5S/c1-12(2)8-17(22(32)33)28-20(30)16(9-14-10-24-11-25-14)27-19(29)15(6-7-34-5)26-21(31)18(23)13(3)4/h10-13,15-18H,6-9,23H2,1-5H3,(H,24,25)(H,26,31)(H,27,29)(H,28,30)(H,32,33). The lowest BCUT2D eigenvalue weighted by Crippen LogP contribution is -2.58. The number of aromatic nitrogens is 2. The van der Waals surface area contributed by atoms with Crippen molar-refractivity contribution in [1.29, 1.82) is 0 Å². The molecule has 1 aromatic rings. The van der Waals surface area contributed by atoms with Crippen molar-refractivity contribution in [2.75, 3.05) is 12.0 Å². The number of aromatic amines is 1. The molecule has 192 valence electrons. The van der Waals surface area contributed by atoms with E-state index in [2.05, 4.69) is 25.9 Å². The normalized spacial score (nSPS) is 14.8. The lowest BCUT2D eigenvalue weighted by Gasteiger charge is -2.26. The topological polar surface area (TPSA) is 179 Å². The molecule has 0 saturated carbocycles. The number of nitrogens with zero attached hydrogens (tertiary/aromatic N) is 1. The first-order valence-corrected chi connectivity index (χ1v) is 12.7. The molecular formula is C22H38N6O5S. The number of carboxylic acids is 1. The number of rotatable bonds is 15. The van der Waals surface area contributed by atoms with Crippen molar-refractivity contribution in [3.63, 3.8) is 0 Å². The Kier molecular flexibility index (Phi) is 12.7. The Morgan fingerprint density at radius 3 is 2.12 bits per heavy atom. The molecule has 0 aromatic carbocycles. The maximum atomic E-state index is 13.1. The third-order valence-corrected chi connectivity index (χ3v) is 5.84. The predicted octanol–water partition coefficient (Wildman–Crippen LogP) is 0.274. The van der Waals surface area contributed by atoms with Crippen LogP contribution in [0, 0.1) is 11.8 Å². The number of imidazole rings is 1. The highest BCUT2D eigenvalue weighted by atomic mass is 32.2. The van der Waals surface area contributed by atoms with Crippen LogP contribution in [0.1, 0.15) is 46.2 Å². The van der Waals surface area contributed by atoms with Gasteiger partial charge in [0.25, 0.3) is 0 Å². The van der Waals surface area contributed by atoms with E-state index in [1.165, 1.54) is 24.3 Å². The highest BCUT2D eigenvalue weighted by molar-refractivity contribution is 7.98. The van der Waals surface area contributed by atoms with Gasteiger partial charge >= 0.3 is 5.97 Å². The Morgan fingerprint density at radius 2 is 1.62 bits per heavy atom. The summed E-state index contributed by atoms with van der Waals surface area (Å²) in [5.41, 5.74) is 6.51. The molecule has 4 atom stereocenters. The predicted molar refractivity (Wildman–Crippen MR) is 131 cm³/mol. The van der Waals surface area contributed by atoms with E-state index >= 15 is 0 Å². The second-order valence-electron chi connectivity index (χ2n) is 8.98. The van der Waals surface area contributed by atoms with Crippen LogP contribution in [0.4, 0.5) is 0 Å². The average Bonchev–Trinajstić information content (AvgIpc) is 3.27. The van der Waals surface area contributed by atoms with Gasteiger partial charge in [0, 0.05) is 18.3 Å². The van der Waals surface area contributed by atoms with Crippen LogP contribution in [-0.4, -0.2) is 74.9 Å². The van der Waals surface area contributed by atoms with Crippen LogP contribution >= 0.6 is 11.8 Å². The van der Waals surface area contributed by atoms with Crippen LogP contribution in [-0.2, 0) is 25.6 Å². The number of nitrogens with two attached hydrogens (primary N) is 1. The summed E-state index contributed by atoms with van der Waals surface area (Å²) in [4.78, 5) is 57.0. The van der Waals surface area contributed by atoms with Gasteiger partial charge in [-0.05, 0) is 36.7 Å². The summed E-state index contributed by atoms with van der Waals surface area (Å²) >= 11 is 1.52. The zero-order chi connectivity index (χ0) is 25.8. The van der Waals surface area contributed by atoms with Crippen LogP contribution < -0.4 is 21.7 Å². The van der Waals surface area contributed by atoms with Gasteiger partial charge in [-0.3, -0.25) is 14.4 Å². The molecular weight excluding hydrogens is 460 g/mol. The molecule has 1 heterocycles. The quantitative estimate of drug-likeness (QED) is 0.199. The number of H-pyrrole nitrogens is 1. The van der Waals surface area contributed by atoms with Gasteiger partial charge in [-0.2, -0.15) is 11.8 Å². The molecule has 7 N–H and O–H groups in total. The Bertz CT molecular complexity index is 802. The highest BCUT2D eigenvalue weighted by Crippen LogP contribution is 2.08. The lowest BCUT2D eigenvalue weighted by atomic mass is 10.0. The molecule has 0 fully saturated rings. The van der Waals surface area contributed by atoms with E-state index in [-0.39, 0.29) is 24.7 Å². The van der Waals surface area contributed by atoms with E-state index in [1.807, 2.05) is 34.0 Å². The number of carbonyl (C=O) groups excluding carboxylic acids is 3. The molecule has 0 radical (unpaired) electrons. The molecule has 1 rings (SSSR count). The highest BCUT2D eigenvalue weighted by Gasteiger charge is 2.31. The number of thioether (sulfide) groups is 1. The van der Waals surface area contributed by atoms with Gasteiger partial charge in [-0.15, -0.1) is 0 Å². The van der Waals surface area contributed by atoms with Gasteiger partial charge in [0.2, 0.25) is 17.7 Å². The van der Waals surface area contributed by atoms with E-state index in [0.29, 0.717) is 17.9 Å². The van der Waals surface area contributed by atoms with E-state index in [0.717, 1.165) is 0 Å². The van der Waals surface area contributed by atoms with Crippen molar-refractivity contribution in [1.82, 2.24) is 25.9 Å². The van der Waals surface area contributed by atoms with Crippen molar-refractivity contribution in [2.24, 2.45) is 17.6 Å². The Labute approximate surface area is 204 Å². The fourth-order valence-corrected chi connectivity index (χ4v) is 3.61. The number of aliphatic carboxylic acids is 1. The molecule has 4 unspecified atom stereocenters. The van der Waals surface area contributed by atoms with E-state index < -0.39 is 47.9 Å². The van der Waals surface area contributed by atoms with Crippen LogP contribution in [0.2, 0.25) is 0 Å². The fourth-order valence-electron chi connectivity index (χ4n) is 3.14. The number of carbonyl (C=O) groups is 4. The largest absolute Gasteiger partial charge is 0.480 e. The summed E-state index contributed by atoms with van der Waals surface area (Å²) < 4.78 is 0. The van der Waals surface area contributed by atoms with Gasteiger partial charge in [-0.25, -0.2) is 9.78 Å². The van der Waals surface area contributed by atoms with Crippen LogP contribution in [0.15, 0.2) is 12.5 Å². The first-order chi connectivity index (χ1) is 16.0. The number of carboxylic acid groups (broad SMARTS) is 1. The first kappa shape index (κ1) is 29.4. The summed E-state index contributed by atoms with van der Waals surface area (Å²) in [5, 5.41) is 17.4. The van der Waals surface area contributed by atoms with Crippen molar-refractivity contribution in [2.45, 2.75) is 71.1 Å². The van der Waals surface area contributed by atoms with Crippen molar-refractivity contribution < 1.29 is 24.3 Å². The second kappa shape index (κ2) is 14.6. The Balaban J connectivity index is 3.05. The van der Waals surface area contributed by atoms with Crippen molar-refractivity contribution in [3.05, 3.63) is 18.2 Å². The fraction of sp³-hybridized carbons (Fsp3) is 0.682. The molecule has 0 aliphatic heterocycles. The van der Waals surface area contributed by atoms with Gasteiger partial charge < -0.3 is 31.8 Å². The zero-order valence-corrected chi connectivity index (χ0v) is 21.3. The SMILES string of the molecule is CSCCC(NC(=O)C(N)C(C)C)C(=O)NC(Cc1cnc[nH]1)C(=O)NC(CC(C)C)C(=O)O. The van der Waals surface area contributed by atoms with Crippen molar-refractivity contribution in [3.8, 4) is 0 Å². The third kappa shape index (κ3) is 10.1. The Morgan fingerprint density at radius 1 is 1.03 bits per heavy atom. The van der Waals surface area contributed by atoms with Gasteiger partial charge in [-0.1, -0.05) is 27.7 Å². The first-order valence-electron chi connectivity index (χ1n) is 11.3. The molecule has 0 spiro atoms. The molecule has 0 aliphatic rings. The number of amides is 3. The maximum absolute atomic E-state index is 13.1. The van der Waals surface area contributed by atoms with Crippen LogP contribution in [0.5, 0.6) is 0 Å². The molecule has 0 aliphatic carbocycles. The molecule has 0 saturated heterocycles. The Hall–Kier alpha value is -2.60. The zero-order valence-electron chi connectivity index (χ0n) is 20.5. The minimum atomic E-state index is -1.15. The molecule has 11 nitrogen and oxygen atoms in total. The summed E-state index contributed by atoms with van der Waals surface area (Å²) in [6.45, 7) is 7.32. The van der Waals surface area contributed by atoms with Gasteiger partial charge in [0.15, 0.2) is 0 Å². The lowest BCUT2D eigenvalue weighted by molar-refractivity contribution is -0.142.